The van der Waals surface area contributed by atoms with Crippen molar-refractivity contribution in [3.63, 3.8) is 0 Å². The van der Waals surface area contributed by atoms with Crippen molar-refractivity contribution >= 4 is 5.97 Å². The SMILES string of the molecule is N#CCC=CC(=O)O. The molecule has 42 valence electrons. The molecule has 0 aromatic carbocycles. The number of carboxylic acids is 1. The molecule has 0 radical (unpaired) electrons. The Balaban J connectivity index is 3.38. The van der Waals surface area contributed by atoms with Crippen molar-refractivity contribution in [1.82, 2.24) is 0 Å². The average Bonchev–Trinajstić information content (AvgIpc) is 1.66. The van der Waals surface area contributed by atoms with E-state index in [1.54, 1.807) is 6.07 Å². The smallest absolute Gasteiger partial charge is 0.328 e. The molecule has 1 N–H and O–H groups in total. The molecule has 0 aliphatic heterocycles. The van der Waals surface area contributed by atoms with Gasteiger partial charge in [-0.15, -0.1) is 0 Å². The van der Waals surface area contributed by atoms with E-state index >= 15 is 0 Å². The number of hydrogen-bond donors (Lipinski definition) is 1. The molecule has 0 unspecified atom stereocenters. The maximum Gasteiger partial charge on any atom is 0.328 e. The minimum atomic E-state index is -1.01. The van der Waals surface area contributed by atoms with Crippen molar-refractivity contribution in [3.05, 3.63) is 12.2 Å². The van der Waals surface area contributed by atoms with Crippen molar-refractivity contribution in [2.24, 2.45) is 0 Å². The Labute approximate surface area is 46.9 Å². The number of nitriles is 1. The second-order valence-electron chi connectivity index (χ2n) is 1.10. The number of carboxylic acid groups (broad SMARTS) is 1. The van der Waals surface area contributed by atoms with E-state index in [0.717, 1.165) is 6.08 Å². The Morgan fingerprint density at radius 2 is 2.50 bits per heavy atom. The van der Waals surface area contributed by atoms with E-state index in [2.05, 4.69) is 0 Å². The van der Waals surface area contributed by atoms with Gasteiger partial charge in [0.15, 0.2) is 0 Å². The van der Waals surface area contributed by atoms with Crippen LogP contribution in [0.2, 0.25) is 0 Å². The van der Waals surface area contributed by atoms with E-state index < -0.39 is 5.97 Å². The first-order valence-corrected chi connectivity index (χ1v) is 2.04. The summed E-state index contributed by atoms with van der Waals surface area (Å²) < 4.78 is 0. The van der Waals surface area contributed by atoms with Gasteiger partial charge >= 0.3 is 5.97 Å². The minimum Gasteiger partial charge on any atom is -0.478 e. The molecule has 0 fully saturated rings. The highest BCUT2D eigenvalue weighted by Crippen LogP contribution is 1.77. The number of aliphatic carboxylic acids is 1. The topological polar surface area (TPSA) is 61.1 Å². The number of nitrogens with zero attached hydrogens (tertiary/aromatic N) is 1. The molecule has 0 aromatic rings. The molecule has 0 amide bonds. The van der Waals surface area contributed by atoms with Gasteiger partial charge in [0.2, 0.25) is 0 Å². The van der Waals surface area contributed by atoms with Gasteiger partial charge in [-0.05, 0) is 0 Å². The molecule has 0 saturated carbocycles. The first-order chi connectivity index (χ1) is 3.77. The molecule has 0 bridgehead atoms. The van der Waals surface area contributed by atoms with Gasteiger partial charge in [-0.1, -0.05) is 6.08 Å². The summed E-state index contributed by atoms with van der Waals surface area (Å²) >= 11 is 0. The highest BCUT2D eigenvalue weighted by Gasteiger charge is 1.81. The molecule has 0 rings (SSSR count). The standard InChI is InChI=1S/C5H5NO2/c6-4-2-1-3-5(7)8/h1,3H,2H2,(H,7,8). The third kappa shape index (κ3) is 4.70. The lowest BCUT2D eigenvalue weighted by molar-refractivity contribution is -0.131. The van der Waals surface area contributed by atoms with Crippen molar-refractivity contribution < 1.29 is 9.90 Å². The fraction of sp³-hybridized carbons (Fsp3) is 0.200. The van der Waals surface area contributed by atoms with Crippen LogP contribution in [0.25, 0.3) is 0 Å². The lowest BCUT2D eigenvalue weighted by Gasteiger charge is -1.72. The minimum absolute atomic E-state index is 0.159. The molecule has 0 spiro atoms. The van der Waals surface area contributed by atoms with E-state index in [9.17, 15) is 4.79 Å². The fourth-order valence-electron chi connectivity index (χ4n) is 0.212. The van der Waals surface area contributed by atoms with Gasteiger partial charge in [0.25, 0.3) is 0 Å². The van der Waals surface area contributed by atoms with Crippen LogP contribution in [0.4, 0.5) is 0 Å². The normalized spacial score (nSPS) is 8.88. The lowest BCUT2D eigenvalue weighted by atomic mass is 10.4. The second-order valence-corrected chi connectivity index (χ2v) is 1.10. The zero-order valence-corrected chi connectivity index (χ0v) is 4.16. The zero-order valence-electron chi connectivity index (χ0n) is 4.16. The Kier molecular flexibility index (Phi) is 3.25. The van der Waals surface area contributed by atoms with Gasteiger partial charge in [0.05, 0.1) is 12.5 Å². The molecule has 0 aliphatic rings. The second kappa shape index (κ2) is 3.88. The van der Waals surface area contributed by atoms with Crippen LogP contribution < -0.4 is 0 Å². The highest BCUT2D eigenvalue weighted by molar-refractivity contribution is 5.79. The van der Waals surface area contributed by atoms with Crippen LogP contribution in [0.1, 0.15) is 6.42 Å². The Bertz CT molecular complexity index is 143. The third-order valence-electron chi connectivity index (χ3n) is 0.470. The number of rotatable bonds is 2. The van der Waals surface area contributed by atoms with E-state index in [0.29, 0.717) is 0 Å². The van der Waals surface area contributed by atoms with Crippen LogP contribution >= 0.6 is 0 Å². The van der Waals surface area contributed by atoms with Crippen LogP contribution in [0.5, 0.6) is 0 Å². The quantitative estimate of drug-likeness (QED) is 0.529. The summed E-state index contributed by atoms with van der Waals surface area (Å²) in [5.41, 5.74) is 0. The van der Waals surface area contributed by atoms with Crippen LogP contribution in [-0.2, 0) is 4.79 Å². The summed E-state index contributed by atoms with van der Waals surface area (Å²) in [6.07, 6.45) is 2.40. The van der Waals surface area contributed by atoms with Crippen LogP contribution in [0, 0.1) is 11.3 Å². The first kappa shape index (κ1) is 6.70. The van der Waals surface area contributed by atoms with Gasteiger partial charge < -0.3 is 5.11 Å². The van der Waals surface area contributed by atoms with Crippen molar-refractivity contribution in [3.8, 4) is 6.07 Å². The van der Waals surface area contributed by atoms with Crippen LogP contribution in [0.15, 0.2) is 12.2 Å². The summed E-state index contributed by atoms with van der Waals surface area (Å²) in [4.78, 5) is 9.68. The summed E-state index contributed by atoms with van der Waals surface area (Å²) in [7, 11) is 0. The molecule has 8 heavy (non-hydrogen) atoms. The highest BCUT2D eigenvalue weighted by atomic mass is 16.4. The Morgan fingerprint density at radius 1 is 1.88 bits per heavy atom. The molecule has 3 nitrogen and oxygen atoms in total. The molecule has 0 aromatic heterocycles. The third-order valence-corrected chi connectivity index (χ3v) is 0.470. The maximum atomic E-state index is 9.68. The molecular weight excluding hydrogens is 106 g/mol. The summed E-state index contributed by atoms with van der Waals surface area (Å²) in [6, 6.07) is 1.77. The van der Waals surface area contributed by atoms with Crippen molar-refractivity contribution in [1.29, 1.82) is 5.26 Å². The predicted octanol–water partition coefficient (Wildman–Crippen LogP) is 0.541. The molecule has 0 atom stereocenters. The number of carbonyl (C=O) groups is 1. The molecule has 0 heterocycles. The average molecular weight is 111 g/mol. The van der Waals surface area contributed by atoms with Gasteiger partial charge in [-0.25, -0.2) is 4.79 Å². The number of hydrogen-bond acceptors (Lipinski definition) is 2. The summed E-state index contributed by atoms with van der Waals surface area (Å²) in [5, 5.41) is 15.8. The van der Waals surface area contributed by atoms with E-state index in [-0.39, 0.29) is 6.42 Å². The Morgan fingerprint density at radius 3 is 2.88 bits per heavy atom. The molecule has 3 heteroatoms. The number of allylic oxidation sites excluding steroid dienone is 1. The summed E-state index contributed by atoms with van der Waals surface area (Å²) in [6.45, 7) is 0. The monoisotopic (exact) mass is 111 g/mol. The largest absolute Gasteiger partial charge is 0.478 e. The zero-order chi connectivity index (χ0) is 6.41. The van der Waals surface area contributed by atoms with Crippen LogP contribution in [-0.4, -0.2) is 11.1 Å². The fourth-order valence-corrected chi connectivity index (χ4v) is 0.212. The molecular formula is C5H5NO2. The van der Waals surface area contributed by atoms with Gasteiger partial charge in [-0.2, -0.15) is 5.26 Å². The van der Waals surface area contributed by atoms with Crippen LogP contribution in [0.3, 0.4) is 0 Å². The van der Waals surface area contributed by atoms with E-state index in [1.807, 2.05) is 0 Å². The van der Waals surface area contributed by atoms with Gasteiger partial charge in [-0.3, -0.25) is 0 Å². The van der Waals surface area contributed by atoms with Gasteiger partial charge in [0.1, 0.15) is 0 Å². The van der Waals surface area contributed by atoms with Crippen molar-refractivity contribution in [2.75, 3.05) is 0 Å². The van der Waals surface area contributed by atoms with E-state index in [4.69, 9.17) is 10.4 Å². The molecule has 0 saturated heterocycles. The first-order valence-electron chi connectivity index (χ1n) is 2.04. The summed E-state index contributed by atoms with van der Waals surface area (Å²) in [5.74, 6) is -1.01. The molecule has 0 aliphatic carbocycles. The van der Waals surface area contributed by atoms with E-state index in [1.165, 1.54) is 6.08 Å². The van der Waals surface area contributed by atoms with Crippen molar-refractivity contribution in [2.45, 2.75) is 6.42 Å². The maximum absolute atomic E-state index is 9.68. The lowest BCUT2D eigenvalue weighted by Crippen LogP contribution is -1.84. The van der Waals surface area contributed by atoms with Gasteiger partial charge in [0, 0.05) is 6.08 Å². The Hall–Kier alpha value is -1.30. The predicted molar refractivity (Wildman–Crippen MR) is 27.0 cm³/mol.